The predicted molar refractivity (Wildman–Crippen MR) is 81.3 cm³/mol. The van der Waals surface area contributed by atoms with Crippen LogP contribution in [0.2, 0.25) is 5.02 Å². The molecule has 0 spiro atoms. The Labute approximate surface area is 126 Å². The van der Waals surface area contributed by atoms with Crippen molar-refractivity contribution in [1.82, 2.24) is 4.90 Å². The lowest BCUT2D eigenvalue weighted by molar-refractivity contribution is 0.150. The summed E-state index contributed by atoms with van der Waals surface area (Å²) in [5.41, 5.74) is -0.312. The minimum atomic E-state index is -0.738. The van der Waals surface area contributed by atoms with E-state index >= 15 is 0 Å². The van der Waals surface area contributed by atoms with Gasteiger partial charge in [-0.15, -0.1) is 0 Å². The molecular formula is C16H22ClFN2. The quantitative estimate of drug-likeness (QED) is 0.744. The monoisotopic (exact) mass is 296 g/mol. The zero-order chi connectivity index (χ0) is 15.2. The van der Waals surface area contributed by atoms with E-state index in [2.05, 4.69) is 24.8 Å². The fourth-order valence-electron chi connectivity index (χ4n) is 2.41. The molecule has 110 valence electrons. The van der Waals surface area contributed by atoms with E-state index in [1.165, 1.54) is 6.07 Å². The average molecular weight is 297 g/mol. The van der Waals surface area contributed by atoms with Crippen LogP contribution in [0.3, 0.4) is 0 Å². The van der Waals surface area contributed by atoms with Crippen LogP contribution >= 0.6 is 11.6 Å². The molecule has 0 aromatic heterocycles. The maximum absolute atomic E-state index is 13.9. The first kappa shape index (κ1) is 16.9. The highest BCUT2D eigenvalue weighted by molar-refractivity contribution is 6.31. The zero-order valence-electron chi connectivity index (χ0n) is 12.4. The minimum Gasteiger partial charge on any atom is -0.286 e. The highest BCUT2D eigenvalue weighted by atomic mass is 35.5. The third kappa shape index (κ3) is 3.94. The van der Waals surface area contributed by atoms with Gasteiger partial charge in [0.15, 0.2) is 0 Å². The second-order valence-electron chi connectivity index (χ2n) is 5.25. The smallest absolute Gasteiger partial charge is 0.127 e. The van der Waals surface area contributed by atoms with Gasteiger partial charge in [-0.1, -0.05) is 31.5 Å². The Bertz CT molecular complexity index is 458. The predicted octanol–water partition coefficient (Wildman–Crippen LogP) is 4.43. The molecule has 0 fully saturated rings. The highest BCUT2D eigenvalue weighted by Gasteiger charge is 2.32. The summed E-state index contributed by atoms with van der Waals surface area (Å²) in [6, 6.07) is 7.00. The molecule has 1 aromatic rings. The van der Waals surface area contributed by atoms with Crippen LogP contribution in [0.25, 0.3) is 0 Å². The number of nitrogens with zero attached hydrogens (tertiary/aromatic N) is 2. The first-order valence-electron chi connectivity index (χ1n) is 7.07. The number of benzene rings is 1. The molecule has 0 saturated heterocycles. The Kier molecular flexibility index (Phi) is 6.45. The fourth-order valence-corrected chi connectivity index (χ4v) is 2.64. The van der Waals surface area contributed by atoms with Crippen LogP contribution in [0.5, 0.6) is 0 Å². The highest BCUT2D eigenvalue weighted by Crippen LogP contribution is 2.27. The Morgan fingerprint density at radius 1 is 1.30 bits per heavy atom. The summed E-state index contributed by atoms with van der Waals surface area (Å²) >= 11 is 6.08. The zero-order valence-corrected chi connectivity index (χ0v) is 13.2. The number of hydrogen-bond acceptors (Lipinski definition) is 2. The van der Waals surface area contributed by atoms with Gasteiger partial charge in [0.05, 0.1) is 6.07 Å². The van der Waals surface area contributed by atoms with E-state index in [9.17, 15) is 9.65 Å². The summed E-state index contributed by atoms with van der Waals surface area (Å²) < 4.78 is 13.9. The topological polar surface area (TPSA) is 27.0 Å². The summed E-state index contributed by atoms with van der Waals surface area (Å²) in [6.07, 6.45) is 2.22. The summed E-state index contributed by atoms with van der Waals surface area (Å²) in [6.45, 7) is 7.67. The van der Waals surface area contributed by atoms with Crippen LogP contribution in [0.15, 0.2) is 18.2 Å². The number of halogens is 2. The molecule has 0 aliphatic heterocycles. The van der Waals surface area contributed by atoms with E-state index in [4.69, 9.17) is 11.6 Å². The van der Waals surface area contributed by atoms with Crippen molar-refractivity contribution in [2.24, 2.45) is 0 Å². The Balaban J connectivity index is 3.07. The molecule has 1 unspecified atom stereocenters. The van der Waals surface area contributed by atoms with Gasteiger partial charge in [0.1, 0.15) is 11.4 Å². The van der Waals surface area contributed by atoms with E-state index < -0.39 is 5.54 Å². The molecule has 0 saturated carbocycles. The molecule has 1 atom stereocenters. The van der Waals surface area contributed by atoms with E-state index in [1.807, 2.05) is 6.92 Å². The van der Waals surface area contributed by atoms with Crippen LogP contribution in [0.1, 0.15) is 39.2 Å². The van der Waals surface area contributed by atoms with Crippen LogP contribution in [-0.2, 0) is 6.42 Å². The van der Waals surface area contributed by atoms with Crippen LogP contribution in [0.4, 0.5) is 4.39 Å². The second kappa shape index (κ2) is 7.61. The molecule has 0 amide bonds. The normalized spacial score (nSPS) is 14.1. The minimum absolute atomic E-state index is 0.301. The third-order valence-corrected chi connectivity index (χ3v) is 3.86. The van der Waals surface area contributed by atoms with E-state index in [1.54, 1.807) is 12.1 Å². The number of hydrogen-bond donors (Lipinski definition) is 0. The fraction of sp³-hybridized carbons (Fsp3) is 0.562. The van der Waals surface area contributed by atoms with E-state index in [-0.39, 0.29) is 5.82 Å². The van der Waals surface area contributed by atoms with Crippen LogP contribution in [-0.4, -0.2) is 23.5 Å². The first-order chi connectivity index (χ1) is 9.48. The van der Waals surface area contributed by atoms with E-state index in [0.717, 1.165) is 25.9 Å². The molecule has 4 heteroatoms. The van der Waals surface area contributed by atoms with Gasteiger partial charge in [0, 0.05) is 17.0 Å². The average Bonchev–Trinajstić information content (AvgIpc) is 2.43. The molecule has 2 nitrogen and oxygen atoms in total. The molecular weight excluding hydrogens is 275 g/mol. The van der Waals surface area contributed by atoms with Crippen molar-refractivity contribution in [3.8, 4) is 6.07 Å². The Morgan fingerprint density at radius 2 is 1.90 bits per heavy atom. The Morgan fingerprint density at radius 3 is 2.35 bits per heavy atom. The second-order valence-corrected chi connectivity index (χ2v) is 5.66. The summed E-state index contributed by atoms with van der Waals surface area (Å²) in [7, 11) is 0. The van der Waals surface area contributed by atoms with Gasteiger partial charge in [-0.25, -0.2) is 4.39 Å². The standard InChI is InChI=1S/C16H22ClFN2/c1-4-9-20(10-5-2)16(3,12-19)11-13-14(17)7-6-8-15(13)18/h6-8H,4-5,9-11H2,1-3H3. The van der Waals surface area contributed by atoms with Crippen molar-refractivity contribution >= 4 is 11.6 Å². The van der Waals surface area contributed by atoms with Gasteiger partial charge >= 0.3 is 0 Å². The number of rotatable bonds is 7. The largest absolute Gasteiger partial charge is 0.286 e. The van der Waals surface area contributed by atoms with E-state index in [0.29, 0.717) is 17.0 Å². The molecule has 20 heavy (non-hydrogen) atoms. The van der Waals surface area contributed by atoms with Gasteiger partial charge in [-0.2, -0.15) is 5.26 Å². The van der Waals surface area contributed by atoms with Gasteiger partial charge in [0.25, 0.3) is 0 Å². The lowest BCUT2D eigenvalue weighted by atomic mass is 9.91. The maximum atomic E-state index is 13.9. The molecule has 0 N–H and O–H groups in total. The summed E-state index contributed by atoms with van der Waals surface area (Å²) in [5, 5.41) is 9.98. The third-order valence-electron chi connectivity index (χ3n) is 3.51. The molecule has 0 bridgehead atoms. The van der Waals surface area contributed by atoms with Gasteiger partial charge in [-0.3, -0.25) is 4.90 Å². The van der Waals surface area contributed by atoms with Gasteiger partial charge in [0.2, 0.25) is 0 Å². The van der Waals surface area contributed by atoms with Crippen molar-refractivity contribution in [1.29, 1.82) is 5.26 Å². The van der Waals surface area contributed by atoms with Gasteiger partial charge in [-0.05, 0) is 45.0 Å². The van der Waals surface area contributed by atoms with Crippen molar-refractivity contribution < 1.29 is 4.39 Å². The summed E-state index contributed by atoms with van der Waals surface area (Å²) in [4.78, 5) is 2.12. The molecule has 1 rings (SSSR count). The van der Waals surface area contributed by atoms with Gasteiger partial charge < -0.3 is 0 Å². The lowest BCUT2D eigenvalue weighted by Gasteiger charge is -2.36. The molecule has 0 radical (unpaired) electrons. The molecule has 0 aliphatic rings. The van der Waals surface area contributed by atoms with Crippen molar-refractivity contribution in [3.05, 3.63) is 34.6 Å². The van der Waals surface area contributed by atoms with Crippen LogP contribution in [0, 0.1) is 17.1 Å². The molecule has 0 aliphatic carbocycles. The lowest BCUT2D eigenvalue weighted by Crippen LogP contribution is -2.48. The van der Waals surface area contributed by atoms with Crippen LogP contribution < -0.4 is 0 Å². The number of nitriles is 1. The first-order valence-corrected chi connectivity index (χ1v) is 7.45. The molecule has 1 aromatic carbocycles. The Hall–Kier alpha value is -1.11. The SMILES string of the molecule is CCCN(CCC)C(C)(C#N)Cc1c(F)cccc1Cl. The molecule has 0 heterocycles. The van der Waals surface area contributed by atoms with Crippen molar-refractivity contribution in [2.45, 2.75) is 45.6 Å². The summed E-state index contributed by atoms with van der Waals surface area (Å²) in [5.74, 6) is -0.341. The maximum Gasteiger partial charge on any atom is 0.127 e. The van der Waals surface area contributed by atoms with Crippen molar-refractivity contribution in [2.75, 3.05) is 13.1 Å². The van der Waals surface area contributed by atoms with Crippen molar-refractivity contribution in [3.63, 3.8) is 0 Å².